The monoisotopic (exact) mass is 237 g/mol. The fraction of sp³-hybridized carbons (Fsp3) is 0.417. The number of hydrogen-bond acceptors (Lipinski definition) is 4. The Bertz CT molecular complexity index is 390. The summed E-state index contributed by atoms with van der Waals surface area (Å²) in [6, 6.07) is 6.44. The van der Waals surface area contributed by atoms with Crippen LogP contribution in [0.2, 0.25) is 0 Å². The van der Waals surface area contributed by atoms with Gasteiger partial charge in [-0.1, -0.05) is 0 Å². The van der Waals surface area contributed by atoms with Crippen LogP contribution >= 0.6 is 0 Å². The highest BCUT2D eigenvalue weighted by Gasteiger charge is 2.32. The zero-order valence-electron chi connectivity index (χ0n) is 9.63. The van der Waals surface area contributed by atoms with Gasteiger partial charge in [-0.3, -0.25) is 4.90 Å². The number of carbonyl (C=O) groups is 1. The van der Waals surface area contributed by atoms with Crippen molar-refractivity contribution in [2.24, 2.45) is 0 Å². The van der Waals surface area contributed by atoms with Crippen molar-refractivity contribution >= 4 is 11.8 Å². The van der Waals surface area contributed by atoms with E-state index in [0.717, 1.165) is 0 Å². The number of cyclic esters (lactones) is 1. The molecule has 1 heterocycles. The van der Waals surface area contributed by atoms with Crippen molar-refractivity contribution in [3.05, 3.63) is 24.3 Å². The Morgan fingerprint density at radius 3 is 2.82 bits per heavy atom. The topological polar surface area (TPSA) is 59.0 Å². The number of hydrogen-bond donors (Lipinski definition) is 1. The van der Waals surface area contributed by atoms with Crippen LogP contribution in [-0.2, 0) is 9.47 Å². The highest BCUT2D eigenvalue weighted by Crippen LogP contribution is 2.23. The zero-order chi connectivity index (χ0) is 12.3. The van der Waals surface area contributed by atoms with Crippen LogP contribution in [0.1, 0.15) is 6.92 Å². The van der Waals surface area contributed by atoms with Gasteiger partial charge in [0.25, 0.3) is 0 Å². The van der Waals surface area contributed by atoms with Gasteiger partial charge >= 0.3 is 6.09 Å². The molecule has 0 spiro atoms. The molecule has 1 amide bonds. The van der Waals surface area contributed by atoms with E-state index in [-0.39, 0.29) is 17.9 Å². The quantitative estimate of drug-likeness (QED) is 0.866. The van der Waals surface area contributed by atoms with Gasteiger partial charge in [0, 0.05) is 12.3 Å². The number of phenolic OH excluding ortho intramolecular Hbond substituents is 1. The fourth-order valence-electron chi connectivity index (χ4n) is 1.70. The van der Waals surface area contributed by atoms with E-state index in [1.807, 2.05) is 6.92 Å². The summed E-state index contributed by atoms with van der Waals surface area (Å²) in [5.41, 5.74) is 0.715. The summed E-state index contributed by atoms with van der Waals surface area (Å²) < 4.78 is 10.4. The third kappa shape index (κ3) is 2.68. The Labute approximate surface area is 99.6 Å². The molecule has 1 aromatic rings. The smallest absolute Gasteiger partial charge is 0.414 e. The minimum atomic E-state index is -0.375. The molecule has 0 saturated carbocycles. The summed E-state index contributed by atoms with van der Waals surface area (Å²) in [4.78, 5) is 13.1. The molecule has 0 radical (unpaired) electrons. The van der Waals surface area contributed by atoms with Gasteiger partial charge in [-0.25, -0.2) is 4.79 Å². The molecule has 92 valence electrons. The normalized spacial score (nSPS) is 19.5. The molecule has 5 heteroatoms. The second-order valence-electron chi connectivity index (χ2n) is 3.79. The van der Waals surface area contributed by atoms with E-state index in [1.54, 1.807) is 24.3 Å². The molecule has 0 bridgehead atoms. The van der Waals surface area contributed by atoms with Gasteiger partial charge in [0.2, 0.25) is 0 Å². The van der Waals surface area contributed by atoms with Crippen molar-refractivity contribution in [1.82, 2.24) is 0 Å². The Morgan fingerprint density at radius 2 is 2.18 bits per heavy atom. The lowest BCUT2D eigenvalue weighted by Gasteiger charge is -2.12. The van der Waals surface area contributed by atoms with Gasteiger partial charge in [0.15, 0.2) is 0 Å². The van der Waals surface area contributed by atoms with E-state index in [9.17, 15) is 9.90 Å². The Kier molecular flexibility index (Phi) is 3.49. The van der Waals surface area contributed by atoms with Crippen molar-refractivity contribution < 1.29 is 19.4 Å². The van der Waals surface area contributed by atoms with E-state index in [0.29, 0.717) is 25.4 Å². The van der Waals surface area contributed by atoms with Crippen molar-refractivity contribution in [2.45, 2.75) is 13.0 Å². The molecule has 1 saturated heterocycles. The van der Waals surface area contributed by atoms with Gasteiger partial charge in [-0.05, 0) is 31.2 Å². The number of ether oxygens (including phenoxy) is 2. The number of nitrogens with zero attached hydrogens (tertiary/aromatic N) is 1. The number of benzene rings is 1. The first-order chi connectivity index (χ1) is 8.20. The molecule has 1 aromatic carbocycles. The maximum Gasteiger partial charge on any atom is 0.414 e. The third-order valence-electron chi connectivity index (χ3n) is 2.54. The lowest BCUT2D eigenvalue weighted by Crippen LogP contribution is -2.25. The number of phenols is 1. The summed E-state index contributed by atoms with van der Waals surface area (Å²) in [5, 5.41) is 9.18. The molecule has 17 heavy (non-hydrogen) atoms. The van der Waals surface area contributed by atoms with Gasteiger partial charge in [-0.15, -0.1) is 0 Å². The molecule has 1 aliphatic heterocycles. The molecule has 1 aliphatic rings. The third-order valence-corrected chi connectivity index (χ3v) is 2.54. The zero-order valence-corrected chi connectivity index (χ0v) is 9.63. The van der Waals surface area contributed by atoms with Crippen molar-refractivity contribution in [2.75, 3.05) is 24.7 Å². The molecule has 5 nitrogen and oxygen atoms in total. The standard InChI is InChI=1S/C12H15NO4/c1-2-16-8-11-7-13(12(15)17-11)9-3-5-10(14)6-4-9/h3-6,11,14H,2,7-8H2,1H3/t11-/m1/s1. The average Bonchev–Trinajstić information content (AvgIpc) is 2.69. The van der Waals surface area contributed by atoms with E-state index in [4.69, 9.17) is 9.47 Å². The lowest BCUT2D eigenvalue weighted by molar-refractivity contribution is 0.0516. The van der Waals surface area contributed by atoms with E-state index >= 15 is 0 Å². The van der Waals surface area contributed by atoms with Crippen molar-refractivity contribution in [1.29, 1.82) is 0 Å². The SMILES string of the molecule is CCOC[C@H]1CN(c2ccc(O)cc2)C(=O)O1. The number of aromatic hydroxyl groups is 1. The highest BCUT2D eigenvalue weighted by atomic mass is 16.6. The number of carbonyl (C=O) groups excluding carboxylic acids is 1. The first kappa shape index (κ1) is 11.7. The van der Waals surface area contributed by atoms with Crippen LogP contribution in [0.3, 0.4) is 0 Å². The first-order valence-corrected chi connectivity index (χ1v) is 5.55. The van der Waals surface area contributed by atoms with Crippen LogP contribution in [-0.4, -0.2) is 37.1 Å². The molecule has 0 unspecified atom stereocenters. The fourth-order valence-corrected chi connectivity index (χ4v) is 1.70. The van der Waals surface area contributed by atoms with Gasteiger partial charge < -0.3 is 14.6 Å². The molecular formula is C12H15NO4. The van der Waals surface area contributed by atoms with E-state index in [2.05, 4.69) is 0 Å². The summed E-state index contributed by atoms with van der Waals surface area (Å²) in [5.74, 6) is 0.173. The number of anilines is 1. The molecule has 1 atom stereocenters. The predicted octanol–water partition coefficient (Wildman–Crippen LogP) is 1.75. The summed E-state index contributed by atoms with van der Waals surface area (Å²) in [6.07, 6.45) is -0.600. The van der Waals surface area contributed by atoms with Crippen LogP contribution < -0.4 is 4.90 Å². The van der Waals surface area contributed by atoms with Crippen molar-refractivity contribution in [3.63, 3.8) is 0 Å². The maximum absolute atomic E-state index is 11.6. The molecule has 1 N–H and O–H groups in total. The molecule has 1 fully saturated rings. The van der Waals surface area contributed by atoms with Crippen molar-refractivity contribution in [3.8, 4) is 5.75 Å². The largest absolute Gasteiger partial charge is 0.508 e. The second kappa shape index (κ2) is 5.05. The number of amides is 1. The van der Waals surface area contributed by atoms with Crippen LogP contribution in [0.4, 0.5) is 10.5 Å². The first-order valence-electron chi connectivity index (χ1n) is 5.55. The summed E-state index contributed by atoms with van der Waals surface area (Å²) in [6.45, 7) is 3.39. The Balaban J connectivity index is 2.02. The van der Waals surface area contributed by atoms with Crippen LogP contribution in [0, 0.1) is 0 Å². The molecular weight excluding hydrogens is 222 g/mol. The minimum absolute atomic E-state index is 0.173. The molecule has 0 aromatic heterocycles. The lowest BCUT2D eigenvalue weighted by atomic mass is 10.2. The summed E-state index contributed by atoms with van der Waals surface area (Å²) in [7, 11) is 0. The van der Waals surface area contributed by atoms with Crippen LogP contribution in [0.5, 0.6) is 5.75 Å². The van der Waals surface area contributed by atoms with Crippen LogP contribution in [0.15, 0.2) is 24.3 Å². The van der Waals surface area contributed by atoms with E-state index in [1.165, 1.54) is 4.90 Å². The average molecular weight is 237 g/mol. The highest BCUT2D eigenvalue weighted by molar-refractivity contribution is 5.89. The Hall–Kier alpha value is -1.75. The van der Waals surface area contributed by atoms with Gasteiger partial charge in [0.1, 0.15) is 11.9 Å². The predicted molar refractivity (Wildman–Crippen MR) is 62.2 cm³/mol. The second-order valence-corrected chi connectivity index (χ2v) is 3.79. The van der Waals surface area contributed by atoms with Crippen LogP contribution in [0.25, 0.3) is 0 Å². The maximum atomic E-state index is 11.6. The number of rotatable bonds is 4. The minimum Gasteiger partial charge on any atom is -0.508 e. The van der Waals surface area contributed by atoms with Gasteiger partial charge in [0.05, 0.1) is 13.2 Å². The van der Waals surface area contributed by atoms with Gasteiger partial charge in [-0.2, -0.15) is 0 Å². The summed E-state index contributed by atoms with van der Waals surface area (Å²) >= 11 is 0. The molecule has 0 aliphatic carbocycles. The Morgan fingerprint density at radius 1 is 1.47 bits per heavy atom. The molecule has 2 rings (SSSR count). The van der Waals surface area contributed by atoms with E-state index < -0.39 is 0 Å².